The van der Waals surface area contributed by atoms with E-state index in [0.29, 0.717) is 37.5 Å². The average molecular weight is 411 g/mol. The number of hydrogen-bond donors (Lipinski definition) is 0. The van der Waals surface area contributed by atoms with E-state index in [4.69, 9.17) is 32.7 Å². The lowest BCUT2D eigenvalue weighted by atomic mass is 10.2. The van der Waals surface area contributed by atoms with E-state index in [-0.39, 0.29) is 0 Å². The van der Waals surface area contributed by atoms with E-state index in [9.17, 15) is 0 Å². The van der Waals surface area contributed by atoms with Crippen molar-refractivity contribution in [3.63, 3.8) is 0 Å². The first kappa shape index (κ1) is 12.6. The molecule has 1 heterocycles. The molecule has 0 aromatic heterocycles. The summed E-state index contributed by atoms with van der Waals surface area (Å²) in [6.45, 7) is 0. The van der Waals surface area contributed by atoms with Gasteiger partial charge in [-0.2, -0.15) is 0 Å². The minimum atomic E-state index is 0.402. The van der Waals surface area contributed by atoms with Crippen molar-refractivity contribution in [3.8, 4) is 23.0 Å². The Hall–Kier alpha value is -0.420. The maximum atomic E-state index is 6.05. The maximum absolute atomic E-state index is 6.05. The van der Waals surface area contributed by atoms with E-state index in [2.05, 4.69) is 31.9 Å². The molecule has 0 radical (unpaired) electrons. The van der Waals surface area contributed by atoms with Crippen LogP contribution in [0.15, 0.2) is 33.2 Å². The van der Waals surface area contributed by atoms with Gasteiger partial charge >= 0.3 is 0 Å². The number of fused-ring (bicyclic) bond motifs is 2. The van der Waals surface area contributed by atoms with Gasteiger partial charge in [-0.05, 0) is 34.1 Å². The fraction of sp³-hybridized carbons (Fsp3) is 0. The fourth-order valence-electron chi connectivity index (χ4n) is 1.60. The lowest BCUT2D eigenvalue weighted by Gasteiger charge is -2.22. The molecule has 1 aliphatic rings. The van der Waals surface area contributed by atoms with Crippen LogP contribution in [0.3, 0.4) is 0 Å². The molecule has 3 rings (SSSR count). The highest BCUT2D eigenvalue weighted by Crippen LogP contribution is 2.52. The second-order valence-corrected chi connectivity index (χ2v) is 6.10. The number of hydrogen-bond acceptors (Lipinski definition) is 2. The number of ether oxygens (including phenoxy) is 2. The summed E-state index contributed by atoms with van der Waals surface area (Å²) in [6.07, 6.45) is 0. The van der Waals surface area contributed by atoms with Gasteiger partial charge in [0.05, 0.1) is 14.5 Å². The standard InChI is InChI=1S/C12H4Br2Cl2O2/c13-5-1-2-7-8(3-5)17-9-4-6(15)11(16)10(14)12(9)18-7/h1-4H. The smallest absolute Gasteiger partial charge is 0.185 e. The van der Waals surface area contributed by atoms with Crippen molar-refractivity contribution in [2.75, 3.05) is 0 Å². The number of benzene rings is 2. The summed E-state index contributed by atoms with van der Waals surface area (Å²) in [5.74, 6) is 2.31. The molecule has 18 heavy (non-hydrogen) atoms. The zero-order valence-electron chi connectivity index (χ0n) is 8.64. The molecule has 0 amide bonds. The summed E-state index contributed by atoms with van der Waals surface area (Å²) in [7, 11) is 0. The molecule has 2 aromatic rings. The van der Waals surface area contributed by atoms with E-state index in [1.54, 1.807) is 6.07 Å². The molecule has 0 unspecified atom stereocenters. The zero-order chi connectivity index (χ0) is 12.9. The minimum absolute atomic E-state index is 0.402. The summed E-state index contributed by atoms with van der Waals surface area (Å²) in [5.41, 5.74) is 0. The van der Waals surface area contributed by atoms with Gasteiger partial charge in [-0.3, -0.25) is 0 Å². The summed E-state index contributed by atoms with van der Waals surface area (Å²) < 4.78 is 13.0. The van der Waals surface area contributed by atoms with Crippen LogP contribution in [0.2, 0.25) is 10.0 Å². The predicted molar refractivity (Wildman–Crippen MR) is 78.5 cm³/mol. The Morgan fingerprint density at radius 1 is 0.889 bits per heavy atom. The molecule has 0 fully saturated rings. The van der Waals surface area contributed by atoms with Gasteiger partial charge in [-0.1, -0.05) is 39.1 Å². The average Bonchev–Trinajstić information content (AvgIpc) is 2.34. The maximum Gasteiger partial charge on any atom is 0.185 e. The zero-order valence-corrected chi connectivity index (χ0v) is 13.3. The molecule has 0 bridgehead atoms. The van der Waals surface area contributed by atoms with E-state index >= 15 is 0 Å². The monoisotopic (exact) mass is 408 g/mol. The Morgan fingerprint density at radius 3 is 2.44 bits per heavy atom. The van der Waals surface area contributed by atoms with Crippen LogP contribution in [0.1, 0.15) is 0 Å². The van der Waals surface area contributed by atoms with E-state index in [0.717, 1.165) is 4.47 Å². The molecule has 0 spiro atoms. The van der Waals surface area contributed by atoms with Crippen molar-refractivity contribution in [1.82, 2.24) is 0 Å². The van der Waals surface area contributed by atoms with Crippen molar-refractivity contribution in [2.45, 2.75) is 0 Å². The Morgan fingerprint density at radius 2 is 1.67 bits per heavy atom. The lowest BCUT2D eigenvalue weighted by Crippen LogP contribution is -2.00. The molecule has 2 nitrogen and oxygen atoms in total. The second-order valence-electron chi connectivity index (χ2n) is 3.61. The molecule has 0 saturated carbocycles. The molecule has 0 saturated heterocycles. The van der Waals surface area contributed by atoms with Gasteiger partial charge in [0.2, 0.25) is 0 Å². The summed E-state index contributed by atoms with van der Waals surface area (Å²) in [6, 6.07) is 7.15. The summed E-state index contributed by atoms with van der Waals surface area (Å²) in [5, 5.41) is 0.809. The largest absolute Gasteiger partial charge is 0.449 e. The molecule has 2 aromatic carbocycles. The normalized spacial score (nSPS) is 12.2. The predicted octanol–water partition coefficient (Wildman–Crippen LogP) is 6.42. The molecular weight excluding hydrogens is 407 g/mol. The van der Waals surface area contributed by atoms with Crippen molar-refractivity contribution < 1.29 is 9.47 Å². The molecule has 0 N–H and O–H groups in total. The van der Waals surface area contributed by atoms with Gasteiger partial charge in [0.25, 0.3) is 0 Å². The van der Waals surface area contributed by atoms with Gasteiger partial charge in [-0.15, -0.1) is 0 Å². The van der Waals surface area contributed by atoms with Crippen LogP contribution < -0.4 is 9.47 Å². The third-order valence-electron chi connectivity index (χ3n) is 2.42. The van der Waals surface area contributed by atoms with Gasteiger partial charge in [0.15, 0.2) is 23.0 Å². The number of rotatable bonds is 0. The number of halogens is 4. The summed E-state index contributed by atoms with van der Waals surface area (Å²) in [4.78, 5) is 0. The third kappa shape index (κ3) is 2.01. The summed E-state index contributed by atoms with van der Waals surface area (Å²) >= 11 is 18.8. The fourth-order valence-corrected chi connectivity index (χ4v) is 2.88. The Labute approximate surface area is 130 Å². The van der Waals surface area contributed by atoms with Crippen LogP contribution in [0, 0.1) is 0 Å². The first-order valence-electron chi connectivity index (χ1n) is 4.89. The van der Waals surface area contributed by atoms with Crippen LogP contribution in [0.4, 0.5) is 0 Å². The highest BCUT2D eigenvalue weighted by molar-refractivity contribution is 9.11. The molecule has 92 valence electrons. The molecule has 0 atom stereocenters. The van der Waals surface area contributed by atoms with Crippen molar-refractivity contribution in [1.29, 1.82) is 0 Å². The topological polar surface area (TPSA) is 18.5 Å². The second kappa shape index (κ2) is 4.60. The molecule has 6 heteroatoms. The molecular formula is C12H4Br2Cl2O2. The highest BCUT2D eigenvalue weighted by Gasteiger charge is 2.24. The Bertz CT molecular complexity index is 659. The van der Waals surface area contributed by atoms with Crippen LogP contribution in [0.5, 0.6) is 23.0 Å². The van der Waals surface area contributed by atoms with Crippen LogP contribution in [0.25, 0.3) is 0 Å². The van der Waals surface area contributed by atoms with Gasteiger partial charge < -0.3 is 9.47 Å². The molecule has 1 aliphatic heterocycles. The Kier molecular flexibility index (Phi) is 3.22. The molecule has 0 aliphatic carbocycles. The first-order valence-corrected chi connectivity index (χ1v) is 7.23. The van der Waals surface area contributed by atoms with Crippen LogP contribution >= 0.6 is 55.1 Å². The minimum Gasteiger partial charge on any atom is -0.449 e. The van der Waals surface area contributed by atoms with Gasteiger partial charge in [-0.25, -0.2) is 0 Å². The third-order valence-corrected chi connectivity index (χ3v) is 4.69. The van der Waals surface area contributed by atoms with Gasteiger partial charge in [0, 0.05) is 10.5 Å². The lowest BCUT2D eigenvalue weighted by molar-refractivity contribution is 0.357. The van der Waals surface area contributed by atoms with Crippen LogP contribution in [-0.2, 0) is 0 Å². The quantitative estimate of drug-likeness (QED) is 0.398. The van der Waals surface area contributed by atoms with Crippen molar-refractivity contribution in [3.05, 3.63) is 43.3 Å². The van der Waals surface area contributed by atoms with E-state index in [1.807, 2.05) is 18.2 Å². The highest BCUT2D eigenvalue weighted by atomic mass is 79.9. The first-order chi connectivity index (χ1) is 8.56. The SMILES string of the molecule is Clc1cc2c(c(Br)c1Cl)Oc1ccc(Br)cc1O2. The van der Waals surface area contributed by atoms with Gasteiger partial charge in [0.1, 0.15) is 0 Å². The van der Waals surface area contributed by atoms with Crippen molar-refractivity contribution in [2.24, 2.45) is 0 Å². The van der Waals surface area contributed by atoms with Crippen molar-refractivity contribution >= 4 is 55.1 Å². The van der Waals surface area contributed by atoms with Crippen LogP contribution in [-0.4, -0.2) is 0 Å². The van der Waals surface area contributed by atoms with E-state index < -0.39 is 0 Å². The Balaban J connectivity index is 2.16. The van der Waals surface area contributed by atoms with E-state index in [1.165, 1.54) is 0 Å².